The summed E-state index contributed by atoms with van der Waals surface area (Å²) in [4.78, 5) is 0. The van der Waals surface area contributed by atoms with Crippen molar-refractivity contribution < 1.29 is 0 Å². The third-order valence-electron chi connectivity index (χ3n) is 5.00. The summed E-state index contributed by atoms with van der Waals surface area (Å²) >= 11 is 3.51. The molecule has 0 spiro atoms. The summed E-state index contributed by atoms with van der Waals surface area (Å²) in [7, 11) is 0. The molecule has 3 fully saturated rings. The minimum atomic E-state index is 0.629. The van der Waals surface area contributed by atoms with E-state index in [1.165, 1.54) is 23.7 Å². The fourth-order valence-electron chi connectivity index (χ4n) is 3.81. The van der Waals surface area contributed by atoms with E-state index in [4.69, 9.17) is 0 Å². The second-order valence-electron chi connectivity index (χ2n) is 5.94. The lowest BCUT2D eigenvalue weighted by Crippen LogP contribution is -2.54. The van der Waals surface area contributed by atoms with Crippen molar-refractivity contribution in [2.24, 2.45) is 29.1 Å². The Balaban J connectivity index is 2.04. The first-order chi connectivity index (χ1) is 6.43. The minimum Gasteiger partial charge on any atom is -0.0889 e. The molecule has 2 bridgehead atoms. The lowest BCUT2D eigenvalue weighted by molar-refractivity contribution is -0.127. The fraction of sp³-hybridized carbons (Fsp3) is 0.846. The van der Waals surface area contributed by atoms with E-state index in [-0.39, 0.29) is 0 Å². The van der Waals surface area contributed by atoms with Crippen molar-refractivity contribution in [1.82, 2.24) is 0 Å². The third kappa shape index (κ3) is 1.48. The van der Waals surface area contributed by atoms with Gasteiger partial charge in [0.2, 0.25) is 0 Å². The second-order valence-corrected chi connectivity index (χ2v) is 7.06. The van der Waals surface area contributed by atoms with Gasteiger partial charge in [0.25, 0.3) is 0 Å². The van der Waals surface area contributed by atoms with Crippen LogP contribution in [-0.2, 0) is 0 Å². The van der Waals surface area contributed by atoms with Crippen molar-refractivity contribution in [1.29, 1.82) is 0 Å². The summed E-state index contributed by atoms with van der Waals surface area (Å²) in [6.45, 7) is 11.3. The maximum atomic E-state index is 3.98. The molecule has 4 atom stereocenters. The Kier molecular flexibility index (Phi) is 2.58. The molecule has 14 heavy (non-hydrogen) atoms. The molecule has 1 heteroatoms. The van der Waals surface area contributed by atoms with Crippen LogP contribution < -0.4 is 0 Å². The van der Waals surface area contributed by atoms with Crippen LogP contribution in [0.25, 0.3) is 0 Å². The zero-order valence-electron chi connectivity index (χ0n) is 9.52. The Labute approximate surface area is 96.3 Å². The van der Waals surface area contributed by atoms with Crippen LogP contribution in [0.4, 0.5) is 0 Å². The lowest BCUT2D eigenvalue weighted by atomic mass is 9.43. The van der Waals surface area contributed by atoms with Gasteiger partial charge in [-0.2, -0.15) is 0 Å². The Morgan fingerprint density at radius 3 is 2.50 bits per heavy atom. The molecular weight excluding hydrogens is 236 g/mol. The summed E-state index contributed by atoms with van der Waals surface area (Å²) in [6.07, 6.45) is 4.10. The molecule has 80 valence electrons. The van der Waals surface area contributed by atoms with E-state index in [2.05, 4.69) is 43.3 Å². The van der Waals surface area contributed by atoms with Crippen LogP contribution in [0.2, 0.25) is 0 Å². The van der Waals surface area contributed by atoms with Gasteiger partial charge in [0, 0.05) is 0 Å². The molecule has 3 aliphatic carbocycles. The van der Waals surface area contributed by atoms with Gasteiger partial charge in [-0.1, -0.05) is 43.3 Å². The lowest BCUT2D eigenvalue weighted by Gasteiger charge is -2.62. The smallest absolute Gasteiger partial charge is 0.0118 e. The van der Waals surface area contributed by atoms with Crippen molar-refractivity contribution in [3.8, 4) is 0 Å². The van der Waals surface area contributed by atoms with E-state index >= 15 is 0 Å². The van der Waals surface area contributed by atoms with Crippen molar-refractivity contribution in [3.05, 3.63) is 11.1 Å². The number of fused-ring (bicyclic) bond motifs is 2. The zero-order chi connectivity index (χ0) is 10.5. The number of hydrogen-bond donors (Lipinski definition) is 0. The predicted molar refractivity (Wildman–Crippen MR) is 65.3 cm³/mol. The summed E-state index contributed by atoms with van der Waals surface area (Å²) < 4.78 is 1.19. The number of allylic oxidation sites excluding steroid dienone is 1. The average Bonchev–Trinajstić information content (AvgIpc) is 2.06. The molecule has 3 rings (SSSR count). The Hall–Kier alpha value is 0.220. The molecule has 3 saturated carbocycles. The summed E-state index contributed by atoms with van der Waals surface area (Å²) in [6, 6.07) is 0. The first kappa shape index (κ1) is 10.7. The van der Waals surface area contributed by atoms with E-state index < -0.39 is 0 Å². The largest absolute Gasteiger partial charge is 0.0889 e. The highest BCUT2D eigenvalue weighted by Gasteiger charge is 2.55. The Bertz CT molecular complexity index is 254. The molecule has 0 unspecified atom stereocenters. The van der Waals surface area contributed by atoms with Gasteiger partial charge in [0.1, 0.15) is 0 Å². The van der Waals surface area contributed by atoms with Gasteiger partial charge in [-0.15, -0.1) is 0 Å². The van der Waals surface area contributed by atoms with Gasteiger partial charge in [-0.25, -0.2) is 0 Å². The van der Waals surface area contributed by atoms with E-state index in [0.29, 0.717) is 5.41 Å². The van der Waals surface area contributed by atoms with Crippen LogP contribution in [0.1, 0.15) is 40.0 Å². The summed E-state index contributed by atoms with van der Waals surface area (Å²) in [5, 5.41) is 0. The fourth-order valence-corrected chi connectivity index (χ4v) is 4.23. The molecule has 0 aliphatic heterocycles. The van der Waals surface area contributed by atoms with Crippen LogP contribution in [-0.4, -0.2) is 0 Å². The quantitative estimate of drug-likeness (QED) is 0.678. The van der Waals surface area contributed by atoms with Crippen LogP contribution >= 0.6 is 15.9 Å². The van der Waals surface area contributed by atoms with Crippen LogP contribution in [0.15, 0.2) is 11.1 Å². The van der Waals surface area contributed by atoms with E-state index in [9.17, 15) is 0 Å². The average molecular weight is 257 g/mol. The van der Waals surface area contributed by atoms with E-state index in [1.54, 1.807) is 0 Å². The monoisotopic (exact) mass is 256 g/mol. The summed E-state index contributed by atoms with van der Waals surface area (Å²) in [5.74, 6) is 3.74. The number of hydrogen-bond acceptors (Lipinski definition) is 0. The highest BCUT2D eigenvalue weighted by Crippen LogP contribution is 2.63. The molecule has 3 aliphatic rings. The predicted octanol–water partition coefficient (Wildman–Crippen LogP) is 4.60. The molecule has 0 nitrogen and oxygen atoms in total. The molecule has 0 aromatic heterocycles. The normalized spacial score (nSPS) is 44.3. The van der Waals surface area contributed by atoms with Crippen LogP contribution in [0.5, 0.6) is 0 Å². The molecule has 0 heterocycles. The highest BCUT2D eigenvalue weighted by atomic mass is 79.9. The van der Waals surface area contributed by atoms with Crippen molar-refractivity contribution in [2.45, 2.75) is 40.0 Å². The van der Waals surface area contributed by atoms with Crippen molar-refractivity contribution >= 4 is 15.9 Å². The number of rotatable bonds is 2. The highest BCUT2D eigenvalue weighted by molar-refractivity contribution is 9.11. The van der Waals surface area contributed by atoms with Gasteiger partial charge in [0.15, 0.2) is 0 Å². The van der Waals surface area contributed by atoms with Gasteiger partial charge < -0.3 is 0 Å². The Morgan fingerprint density at radius 2 is 2.07 bits per heavy atom. The molecule has 0 saturated heterocycles. The third-order valence-corrected chi connectivity index (χ3v) is 5.32. The summed E-state index contributed by atoms with van der Waals surface area (Å²) in [5.41, 5.74) is 0.629. The van der Waals surface area contributed by atoms with E-state index in [1.807, 2.05) is 0 Å². The maximum Gasteiger partial charge on any atom is -0.0118 e. The molecule has 0 aromatic carbocycles. The van der Waals surface area contributed by atoms with Crippen molar-refractivity contribution in [3.63, 3.8) is 0 Å². The Morgan fingerprint density at radius 1 is 1.43 bits per heavy atom. The first-order valence-electron chi connectivity index (χ1n) is 5.76. The van der Waals surface area contributed by atoms with Gasteiger partial charge >= 0.3 is 0 Å². The standard InChI is InChI=1S/C13H21Br/c1-8(14)5-10-6-11-7-12(9(10)2)13(11,3)4/h9-12H,1,5-7H2,2-4H3/t9-,10+,11+,12+/m0/s1. The van der Waals surface area contributed by atoms with Crippen LogP contribution in [0.3, 0.4) is 0 Å². The van der Waals surface area contributed by atoms with Gasteiger partial charge in [-0.3, -0.25) is 0 Å². The zero-order valence-corrected chi connectivity index (χ0v) is 11.1. The number of halogens is 1. The topological polar surface area (TPSA) is 0 Å². The van der Waals surface area contributed by atoms with Gasteiger partial charge in [-0.05, 0) is 52.8 Å². The SMILES string of the molecule is C=C(Br)C[C@@H]1C[C@@H]2C[C@H]([C@H]1C)C2(C)C. The minimum absolute atomic E-state index is 0.629. The maximum absolute atomic E-state index is 3.98. The molecular formula is C13H21Br. The van der Waals surface area contributed by atoms with Gasteiger partial charge in [0.05, 0.1) is 0 Å². The van der Waals surface area contributed by atoms with Crippen molar-refractivity contribution in [2.75, 3.05) is 0 Å². The molecule has 0 aromatic rings. The van der Waals surface area contributed by atoms with Crippen LogP contribution in [0, 0.1) is 29.1 Å². The molecule has 0 radical (unpaired) electrons. The molecule has 0 amide bonds. The molecule has 0 N–H and O–H groups in total. The first-order valence-corrected chi connectivity index (χ1v) is 6.55. The second kappa shape index (κ2) is 3.37. The van der Waals surface area contributed by atoms with E-state index in [0.717, 1.165) is 23.7 Å².